The van der Waals surface area contributed by atoms with E-state index in [1.54, 1.807) is 6.07 Å². The molecule has 1 aliphatic rings. The lowest BCUT2D eigenvalue weighted by Gasteiger charge is -2.32. The molecule has 0 atom stereocenters. The molecule has 2 heterocycles. The van der Waals surface area contributed by atoms with E-state index in [0.717, 1.165) is 36.3 Å². The molecule has 4 nitrogen and oxygen atoms in total. The lowest BCUT2D eigenvalue weighted by atomic mass is 10.2. The smallest absolute Gasteiger partial charge is 0.277 e. The molecule has 0 aliphatic carbocycles. The molecule has 1 amide bonds. The molecular weight excluding hydrogens is 329 g/mol. The third-order valence-electron chi connectivity index (χ3n) is 3.56. The molecule has 0 bridgehead atoms. The number of likely N-dealkylation sites (N-methyl/N-ethyl adjacent to an activating group) is 1. The molecule has 0 unspecified atom stereocenters. The molecule has 0 radical (unpaired) electrons. The van der Waals surface area contributed by atoms with Crippen LogP contribution in [0.15, 0.2) is 18.2 Å². The van der Waals surface area contributed by atoms with Gasteiger partial charge in [-0.2, -0.15) is 0 Å². The van der Waals surface area contributed by atoms with Gasteiger partial charge in [0.15, 0.2) is 0 Å². The fourth-order valence-corrected chi connectivity index (χ4v) is 3.98. The van der Waals surface area contributed by atoms with Crippen molar-refractivity contribution in [2.24, 2.45) is 0 Å². The number of rotatable bonds is 2. The standard InChI is InChI=1S/C14H15Cl2N3OS/c1-18-4-6-19(7-5-18)17-14(20)13-12(16)10-3-2-9(15)8-11(10)21-13/h2-3,8H,4-7H2,1H3,(H,17,20). The predicted octanol–water partition coefficient (Wildman–Crippen LogP) is 3.10. The van der Waals surface area contributed by atoms with E-state index < -0.39 is 0 Å². The largest absolute Gasteiger partial charge is 0.304 e. The van der Waals surface area contributed by atoms with Crippen molar-refractivity contribution in [3.05, 3.63) is 33.1 Å². The number of carbonyl (C=O) groups excluding carboxylic acids is 1. The van der Waals surface area contributed by atoms with E-state index in [4.69, 9.17) is 23.2 Å². The summed E-state index contributed by atoms with van der Waals surface area (Å²) in [7, 11) is 2.08. The van der Waals surface area contributed by atoms with Crippen LogP contribution in [-0.2, 0) is 0 Å². The van der Waals surface area contributed by atoms with Crippen LogP contribution >= 0.6 is 34.5 Å². The Hall–Kier alpha value is -0.850. The van der Waals surface area contributed by atoms with Crippen LogP contribution < -0.4 is 5.43 Å². The number of benzene rings is 1. The van der Waals surface area contributed by atoms with Gasteiger partial charge in [0.25, 0.3) is 5.91 Å². The van der Waals surface area contributed by atoms with Crippen LogP contribution in [-0.4, -0.2) is 49.0 Å². The Morgan fingerprint density at radius 1 is 1.24 bits per heavy atom. The minimum absolute atomic E-state index is 0.151. The Morgan fingerprint density at radius 3 is 2.67 bits per heavy atom. The SMILES string of the molecule is CN1CCN(NC(=O)c2sc3cc(Cl)ccc3c2Cl)CC1. The molecule has 7 heteroatoms. The molecule has 21 heavy (non-hydrogen) atoms. The Morgan fingerprint density at radius 2 is 1.95 bits per heavy atom. The first kappa shape index (κ1) is 15.1. The molecular formula is C14H15Cl2N3OS. The topological polar surface area (TPSA) is 35.6 Å². The lowest BCUT2D eigenvalue weighted by molar-refractivity contribution is 0.0666. The minimum Gasteiger partial charge on any atom is -0.304 e. The van der Waals surface area contributed by atoms with Gasteiger partial charge in [0.1, 0.15) is 4.88 Å². The second-order valence-corrected chi connectivity index (χ2v) is 6.98. The van der Waals surface area contributed by atoms with Crippen molar-refractivity contribution >= 4 is 50.5 Å². The molecule has 1 fully saturated rings. The second-order valence-electron chi connectivity index (χ2n) is 5.12. The molecule has 3 rings (SSSR count). The van der Waals surface area contributed by atoms with Crippen molar-refractivity contribution < 1.29 is 4.79 Å². The Bertz CT molecular complexity index is 680. The van der Waals surface area contributed by atoms with E-state index in [-0.39, 0.29) is 5.91 Å². The summed E-state index contributed by atoms with van der Waals surface area (Å²) in [5, 5.41) is 3.95. The van der Waals surface area contributed by atoms with Gasteiger partial charge < -0.3 is 4.90 Å². The second kappa shape index (κ2) is 6.10. The summed E-state index contributed by atoms with van der Waals surface area (Å²) in [6.45, 7) is 3.51. The number of amides is 1. The normalized spacial score (nSPS) is 17.3. The van der Waals surface area contributed by atoms with Gasteiger partial charge in [-0.25, -0.2) is 5.01 Å². The summed E-state index contributed by atoms with van der Waals surface area (Å²) >= 11 is 13.7. The van der Waals surface area contributed by atoms with Crippen LogP contribution in [0, 0.1) is 0 Å². The molecule has 1 saturated heterocycles. The van der Waals surface area contributed by atoms with Crippen molar-refractivity contribution in [2.45, 2.75) is 0 Å². The summed E-state index contributed by atoms with van der Waals surface area (Å²) in [6.07, 6.45) is 0. The van der Waals surface area contributed by atoms with Gasteiger partial charge in [-0.1, -0.05) is 29.3 Å². The van der Waals surface area contributed by atoms with Gasteiger partial charge in [0.2, 0.25) is 0 Å². The average molecular weight is 344 g/mol. The first-order valence-corrected chi connectivity index (χ1v) is 8.24. The number of carbonyl (C=O) groups is 1. The van der Waals surface area contributed by atoms with E-state index in [2.05, 4.69) is 17.4 Å². The summed E-state index contributed by atoms with van der Waals surface area (Å²) < 4.78 is 0.927. The van der Waals surface area contributed by atoms with Crippen molar-refractivity contribution in [2.75, 3.05) is 33.2 Å². The highest BCUT2D eigenvalue weighted by Crippen LogP contribution is 2.36. The van der Waals surface area contributed by atoms with E-state index in [0.29, 0.717) is 14.9 Å². The number of hydrogen-bond acceptors (Lipinski definition) is 4. The number of halogens is 2. The molecule has 112 valence electrons. The number of fused-ring (bicyclic) bond motifs is 1. The number of hydrazine groups is 1. The van der Waals surface area contributed by atoms with Crippen LogP contribution in [0.4, 0.5) is 0 Å². The number of thiophene rings is 1. The highest BCUT2D eigenvalue weighted by atomic mass is 35.5. The van der Waals surface area contributed by atoms with Gasteiger partial charge >= 0.3 is 0 Å². The zero-order valence-electron chi connectivity index (χ0n) is 11.5. The zero-order chi connectivity index (χ0) is 15.0. The summed E-state index contributed by atoms with van der Waals surface area (Å²) in [6, 6.07) is 5.47. The highest BCUT2D eigenvalue weighted by Gasteiger charge is 2.21. The van der Waals surface area contributed by atoms with Crippen LogP contribution in [0.3, 0.4) is 0 Å². The number of nitrogens with one attached hydrogen (secondary N) is 1. The maximum Gasteiger partial charge on any atom is 0.277 e. The lowest BCUT2D eigenvalue weighted by Crippen LogP contribution is -2.52. The summed E-state index contributed by atoms with van der Waals surface area (Å²) in [4.78, 5) is 15.2. The molecule has 1 aromatic carbocycles. The van der Waals surface area contributed by atoms with E-state index in [1.807, 2.05) is 17.1 Å². The first-order chi connectivity index (χ1) is 10.0. The zero-order valence-corrected chi connectivity index (χ0v) is 13.9. The molecule has 1 aliphatic heterocycles. The molecule has 1 aromatic heterocycles. The van der Waals surface area contributed by atoms with Crippen molar-refractivity contribution in [3.63, 3.8) is 0 Å². The van der Waals surface area contributed by atoms with E-state index in [9.17, 15) is 4.79 Å². The number of hydrogen-bond donors (Lipinski definition) is 1. The number of piperazine rings is 1. The molecule has 0 spiro atoms. The third kappa shape index (κ3) is 3.17. The monoisotopic (exact) mass is 343 g/mol. The van der Waals surface area contributed by atoms with Crippen molar-refractivity contribution in [1.82, 2.24) is 15.3 Å². The molecule has 2 aromatic rings. The Balaban J connectivity index is 1.80. The van der Waals surface area contributed by atoms with Gasteiger partial charge in [-0.15, -0.1) is 11.3 Å². The summed E-state index contributed by atoms with van der Waals surface area (Å²) in [5.41, 5.74) is 2.93. The maximum absolute atomic E-state index is 12.4. The highest BCUT2D eigenvalue weighted by molar-refractivity contribution is 7.21. The van der Waals surface area contributed by atoms with Gasteiger partial charge in [-0.3, -0.25) is 10.2 Å². The van der Waals surface area contributed by atoms with Crippen LogP contribution in [0.1, 0.15) is 9.67 Å². The van der Waals surface area contributed by atoms with Crippen molar-refractivity contribution in [1.29, 1.82) is 0 Å². The van der Waals surface area contributed by atoms with E-state index in [1.165, 1.54) is 11.3 Å². The van der Waals surface area contributed by atoms with Crippen molar-refractivity contribution in [3.8, 4) is 0 Å². The Kier molecular flexibility index (Phi) is 4.38. The van der Waals surface area contributed by atoms with Crippen LogP contribution in [0.25, 0.3) is 10.1 Å². The molecule has 0 saturated carbocycles. The van der Waals surface area contributed by atoms with Gasteiger partial charge in [0, 0.05) is 41.3 Å². The fraction of sp³-hybridized carbons (Fsp3) is 0.357. The third-order valence-corrected chi connectivity index (χ3v) is 5.45. The predicted molar refractivity (Wildman–Crippen MR) is 88.4 cm³/mol. The average Bonchev–Trinajstić information content (AvgIpc) is 2.78. The fourth-order valence-electron chi connectivity index (χ4n) is 2.30. The van der Waals surface area contributed by atoms with Gasteiger partial charge in [-0.05, 0) is 19.2 Å². The minimum atomic E-state index is -0.151. The summed E-state index contributed by atoms with van der Waals surface area (Å²) in [5.74, 6) is -0.151. The van der Waals surface area contributed by atoms with Crippen LogP contribution in [0.5, 0.6) is 0 Å². The molecule has 1 N–H and O–H groups in total. The van der Waals surface area contributed by atoms with Gasteiger partial charge in [0.05, 0.1) is 5.02 Å². The van der Waals surface area contributed by atoms with Crippen LogP contribution in [0.2, 0.25) is 10.0 Å². The first-order valence-electron chi connectivity index (χ1n) is 6.66. The van der Waals surface area contributed by atoms with E-state index >= 15 is 0 Å². The Labute approximate surface area is 137 Å². The maximum atomic E-state index is 12.4. The number of nitrogens with zero attached hydrogens (tertiary/aromatic N) is 2. The quantitative estimate of drug-likeness (QED) is 0.909.